The van der Waals surface area contributed by atoms with E-state index in [9.17, 15) is 0 Å². The van der Waals surface area contributed by atoms with E-state index in [-0.39, 0.29) is 0 Å². The van der Waals surface area contributed by atoms with Crippen molar-refractivity contribution in [3.05, 3.63) is 216 Å². The van der Waals surface area contributed by atoms with Gasteiger partial charge in [0.15, 0.2) is 0 Å². The van der Waals surface area contributed by atoms with E-state index in [1.807, 2.05) is 0 Å². The highest BCUT2D eigenvalue weighted by Gasteiger charge is 2.17. The lowest BCUT2D eigenvalue weighted by atomic mass is 10.1. The lowest BCUT2D eigenvalue weighted by Gasteiger charge is -1.98. The quantitative estimate of drug-likeness (QED) is 0.145. The van der Waals surface area contributed by atoms with Crippen molar-refractivity contribution in [3.63, 3.8) is 0 Å². The minimum absolute atomic E-state index is 1.10. The molecule has 0 aliphatic heterocycles. The second kappa shape index (κ2) is 19.9. The van der Waals surface area contributed by atoms with E-state index < -0.39 is 0 Å². The van der Waals surface area contributed by atoms with Gasteiger partial charge in [0, 0.05) is 57.7 Å². The summed E-state index contributed by atoms with van der Waals surface area (Å²) in [6.07, 6.45) is 4.71. The first kappa shape index (κ1) is 41.5. The number of hydrogen-bond acceptors (Lipinski definition) is 0. The summed E-state index contributed by atoms with van der Waals surface area (Å²) < 4.78 is 4.48. The monoisotopic (exact) mass is 782 g/mol. The van der Waals surface area contributed by atoms with Gasteiger partial charge >= 0.3 is 0 Å². The van der Waals surface area contributed by atoms with E-state index in [1.165, 1.54) is 101 Å². The van der Waals surface area contributed by atoms with Gasteiger partial charge in [-0.3, -0.25) is 0 Å². The first-order chi connectivity index (χ1) is 29.5. The highest BCUT2D eigenvalue weighted by molar-refractivity contribution is 6.08. The number of fused-ring (bicyclic) bond motifs is 12. The van der Waals surface area contributed by atoms with E-state index in [4.69, 9.17) is 0 Å². The van der Waals surface area contributed by atoms with Crippen LogP contribution in [0, 0.1) is 0 Å². The third-order valence-electron chi connectivity index (χ3n) is 11.1. The lowest BCUT2D eigenvalue weighted by Crippen LogP contribution is -1.84. The number of nitrogens with zero attached hydrogens (tertiary/aromatic N) is 2. The summed E-state index contributed by atoms with van der Waals surface area (Å²) in [6, 6.07) is 68.7. The third kappa shape index (κ3) is 8.84. The van der Waals surface area contributed by atoms with E-state index in [0.29, 0.717) is 0 Å². The normalized spacial score (nSPS) is 11.2. The van der Waals surface area contributed by atoms with E-state index in [0.717, 1.165) is 12.8 Å². The Labute approximate surface area is 357 Å². The van der Waals surface area contributed by atoms with Crippen molar-refractivity contribution >= 4 is 43.6 Å². The highest BCUT2D eigenvalue weighted by Crippen LogP contribution is 2.37. The average Bonchev–Trinajstić information content (AvgIpc) is 4.04. The molecule has 10 aromatic rings. The number of aromatic nitrogens is 2. The Hall–Kier alpha value is -6.64. The zero-order valence-corrected chi connectivity index (χ0v) is 36.2. The van der Waals surface area contributed by atoms with Gasteiger partial charge in [0.05, 0.1) is 0 Å². The van der Waals surface area contributed by atoms with Crippen LogP contribution in [0.1, 0.15) is 62.8 Å². The third-order valence-corrected chi connectivity index (χ3v) is 11.1. The van der Waals surface area contributed by atoms with Crippen LogP contribution >= 0.6 is 0 Å². The Morgan fingerprint density at radius 2 is 0.467 bits per heavy atom. The van der Waals surface area contributed by atoms with Crippen LogP contribution in [0.15, 0.2) is 194 Å². The second-order valence-electron chi connectivity index (χ2n) is 15.6. The Balaban J connectivity index is 0.000000116. The summed E-state index contributed by atoms with van der Waals surface area (Å²) in [6.45, 7) is 8.50. The molecule has 0 N–H and O–H groups in total. The van der Waals surface area contributed by atoms with Gasteiger partial charge in [0.2, 0.25) is 0 Å². The topological polar surface area (TPSA) is 9.86 Å². The molecule has 0 unspecified atom stereocenters. The van der Waals surface area contributed by atoms with Crippen LogP contribution in [0.2, 0.25) is 0 Å². The van der Waals surface area contributed by atoms with E-state index in [2.05, 4.69) is 245 Å². The molecule has 0 fully saturated rings. The zero-order chi connectivity index (χ0) is 41.8. The average molecular weight is 783 g/mol. The molecule has 12 rings (SSSR count). The van der Waals surface area contributed by atoms with Crippen LogP contribution in [0.5, 0.6) is 0 Å². The SMILES string of the molecule is CCC.CCC.Cn1c2ccccc2c2ccccc21.Cn1c2ccccc2c2ccccc21.c1ccc2c(c1)Cc1ccccc1-2.c1ccc2c(c1)Cc1ccccc1-2. The molecule has 2 aromatic heterocycles. The molecule has 0 spiro atoms. The number of hydrogen-bond donors (Lipinski definition) is 0. The van der Waals surface area contributed by atoms with Gasteiger partial charge in [-0.2, -0.15) is 0 Å². The van der Waals surface area contributed by atoms with Crippen molar-refractivity contribution < 1.29 is 0 Å². The summed E-state index contributed by atoms with van der Waals surface area (Å²) in [4.78, 5) is 0. The maximum absolute atomic E-state index is 2.24. The van der Waals surface area contributed by atoms with Crippen molar-refractivity contribution in [3.8, 4) is 22.3 Å². The molecule has 0 amide bonds. The smallest absolute Gasteiger partial charge is 0.0488 e. The van der Waals surface area contributed by atoms with Gasteiger partial charge in [-0.25, -0.2) is 0 Å². The second-order valence-corrected chi connectivity index (χ2v) is 15.6. The highest BCUT2D eigenvalue weighted by atomic mass is 14.9. The fourth-order valence-corrected chi connectivity index (χ4v) is 8.39. The molecule has 2 aliphatic carbocycles. The van der Waals surface area contributed by atoms with Gasteiger partial charge in [0.1, 0.15) is 0 Å². The Kier molecular flexibility index (Phi) is 13.8. The van der Waals surface area contributed by atoms with E-state index >= 15 is 0 Å². The number of benzene rings is 8. The van der Waals surface area contributed by atoms with Crippen molar-refractivity contribution in [2.75, 3.05) is 0 Å². The molecule has 0 saturated carbocycles. The minimum Gasteiger partial charge on any atom is -0.344 e. The molecule has 300 valence electrons. The van der Waals surface area contributed by atoms with Crippen molar-refractivity contribution in [1.82, 2.24) is 9.13 Å². The Morgan fingerprint density at radius 3 is 0.700 bits per heavy atom. The van der Waals surface area contributed by atoms with Crippen LogP contribution in [-0.2, 0) is 26.9 Å². The zero-order valence-electron chi connectivity index (χ0n) is 36.2. The predicted molar refractivity (Wildman–Crippen MR) is 262 cm³/mol. The van der Waals surface area contributed by atoms with Gasteiger partial charge in [-0.05, 0) is 81.6 Å². The van der Waals surface area contributed by atoms with Gasteiger partial charge in [-0.1, -0.05) is 210 Å². The van der Waals surface area contributed by atoms with E-state index in [1.54, 1.807) is 0 Å². The molecule has 2 heterocycles. The molecule has 0 radical (unpaired) electrons. The van der Waals surface area contributed by atoms with Gasteiger partial charge in [0.25, 0.3) is 0 Å². The summed E-state index contributed by atoms with van der Waals surface area (Å²) >= 11 is 0. The minimum atomic E-state index is 1.10. The summed E-state index contributed by atoms with van der Waals surface area (Å²) in [5.41, 5.74) is 16.7. The number of rotatable bonds is 0. The standard InChI is InChI=1S/2C13H11N.2C13H10.2C3H8/c2*1-14-12-8-4-2-6-10(12)11-7-3-5-9-13(11)14;2*1-3-7-12-10(5-1)9-11-6-2-4-8-13(11)12;2*1-3-2/h2*2-9H,1H3;2*1-8H,9H2;2*3H2,1-2H3. The van der Waals surface area contributed by atoms with Crippen LogP contribution in [0.4, 0.5) is 0 Å². The lowest BCUT2D eigenvalue weighted by molar-refractivity contribution is 1.01. The fraction of sp³-hybridized carbons (Fsp3) is 0.172. The molecule has 8 aromatic carbocycles. The predicted octanol–water partition coefficient (Wildman–Crippen LogP) is 16.0. The maximum Gasteiger partial charge on any atom is 0.0488 e. The molecular formula is C58H58N2. The van der Waals surface area contributed by atoms with Crippen LogP contribution in [0.3, 0.4) is 0 Å². The number of para-hydroxylation sites is 4. The van der Waals surface area contributed by atoms with Crippen LogP contribution < -0.4 is 0 Å². The van der Waals surface area contributed by atoms with Crippen molar-refractivity contribution in [2.45, 2.75) is 53.4 Å². The fourth-order valence-electron chi connectivity index (χ4n) is 8.39. The number of aryl methyl sites for hydroxylation is 2. The molecule has 2 nitrogen and oxygen atoms in total. The largest absolute Gasteiger partial charge is 0.344 e. The molecular weight excluding hydrogens is 725 g/mol. The maximum atomic E-state index is 2.24. The summed E-state index contributed by atoms with van der Waals surface area (Å²) in [7, 11) is 4.23. The van der Waals surface area contributed by atoms with Crippen LogP contribution in [0.25, 0.3) is 65.9 Å². The summed E-state index contributed by atoms with van der Waals surface area (Å²) in [5, 5.41) is 5.35. The molecule has 2 aliphatic rings. The summed E-state index contributed by atoms with van der Waals surface area (Å²) in [5.74, 6) is 0. The molecule has 0 saturated heterocycles. The van der Waals surface area contributed by atoms with Crippen molar-refractivity contribution in [1.29, 1.82) is 0 Å². The van der Waals surface area contributed by atoms with Gasteiger partial charge in [-0.15, -0.1) is 0 Å². The first-order valence-corrected chi connectivity index (χ1v) is 21.7. The first-order valence-electron chi connectivity index (χ1n) is 21.7. The van der Waals surface area contributed by atoms with Gasteiger partial charge < -0.3 is 9.13 Å². The molecule has 0 bridgehead atoms. The Morgan fingerprint density at radius 1 is 0.283 bits per heavy atom. The molecule has 0 atom stereocenters. The molecule has 60 heavy (non-hydrogen) atoms. The van der Waals surface area contributed by atoms with Crippen LogP contribution in [-0.4, -0.2) is 9.13 Å². The Bertz CT molecular complexity index is 2560. The van der Waals surface area contributed by atoms with Crippen molar-refractivity contribution in [2.24, 2.45) is 14.1 Å². The molecule has 2 heteroatoms.